The van der Waals surface area contributed by atoms with Gasteiger partial charge in [-0.2, -0.15) is 14.6 Å². The number of nitrogens with zero attached hydrogens (tertiary/aromatic N) is 4. The summed E-state index contributed by atoms with van der Waals surface area (Å²) >= 11 is 0. The Morgan fingerprint density at radius 1 is 1.18 bits per heavy atom. The molecule has 2 rings (SSSR count). The van der Waals surface area contributed by atoms with Crippen molar-refractivity contribution in [2.75, 3.05) is 6.54 Å². The van der Waals surface area contributed by atoms with Crippen molar-refractivity contribution in [2.45, 2.75) is 59.9 Å². The van der Waals surface area contributed by atoms with Gasteiger partial charge >= 0.3 is 0 Å². The number of rotatable bonds is 9. The molecule has 0 aliphatic rings. The maximum absolute atomic E-state index is 13.6. The van der Waals surface area contributed by atoms with Gasteiger partial charge in [-0.3, -0.25) is 4.79 Å². The molecule has 1 unspecified atom stereocenters. The molecule has 2 aromatic rings. The quantitative estimate of drug-likeness (QED) is 0.602. The van der Waals surface area contributed by atoms with Crippen molar-refractivity contribution in [3.05, 3.63) is 53.4 Å². The van der Waals surface area contributed by atoms with Gasteiger partial charge in [0, 0.05) is 25.2 Å². The van der Waals surface area contributed by atoms with Crippen LogP contribution in [0, 0.1) is 17.8 Å². The van der Waals surface area contributed by atoms with Crippen molar-refractivity contribution in [1.82, 2.24) is 20.1 Å². The number of amides is 1. The average molecular weight is 387 g/mol. The zero-order chi connectivity index (χ0) is 20.7. The minimum Gasteiger partial charge on any atom is -0.333 e. The van der Waals surface area contributed by atoms with Crippen LogP contribution in [-0.2, 0) is 12.8 Å². The Bertz CT molecular complexity index is 779. The standard InChI is InChI=1S/C22H31FN4O/c1-6-8-17-11-12-24-26-19(17)13-20(16(4)5)27(14-15(2)3)22(28)18-9-7-10-21(23)25-18/h7,9-12,15-16,20H,6,8,13-14H2,1-5H3. The Kier molecular flexibility index (Phi) is 8.03. The summed E-state index contributed by atoms with van der Waals surface area (Å²) in [4.78, 5) is 18.9. The van der Waals surface area contributed by atoms with E-state index in [-0.39, 0.29) is 29.5 Å². The van der Waals surface area contributed by atoms with Crippen molar-refractivity contribution in [1.29, 1.82) is 0 Å². The molecular formula is C22H31FN4O. The van der Waals surface area contributed by atoms with Gasteiger partial charge in [0.15, 0.2) is 0 Å². The molecule has 0 fully saturated rings. The van der Waals surface area contributed by atoms with Crippen LogP contribution in [0.25, 0.3) is 0 Å². The lowest BCUT2D eigenvalue weighted by Gasteiger charge is -2.35. The van der Waals surface area contributed by atoms with Gasteiger partial charge in [-0.05, 0) is 42.0 Å². The van der Waals surface area contributed by atoms with Gasteiger partial charge in [-0.15, -0.1) is 0 Å². The fourth-order valence-corrected chi connectivity index (χ4v) is 3.40. The number of aryl methyl sites for hydroxylation is 1. The minimum atomic E-state index is -0.643. The molecule has 0 bridgehead atoms. The third kappa shape index (κ3) is 5.81. The van der Waals surface area contributed by atoms with Crippen molar-refractivity contribution in [3.63, 3.8) is 0 Å². The summed E-state index contributed by atoms with van der Waals surface area (Å²) in [5, 5.41) is 8.42. The van der Waals surface area contributed by atoms with Crippen molar-refractivity contribution in [2.24, 2.45) is 11.8 Å². The largest absolute Gasteiger partial charge is 0.333 e. The van der Waals surface area contributed by atoms with Crippen LogP contribution < -0.4 is 0 Å². The van der Waals surface area contributed by atoms with E-state index < -0.39 is 5.95 Å². The average Bonchev–Trinajstić information content (AvgIpc) is 2.65. The number of pyridine rings is 1. The van der Waals surface area contributed by atoms with E-state index in [1.54, 1.807) is 12.3 Å². The smallest absolute Gasteiger partial charge is 0.272 e. The molecular weight excluding hydrogens is 355 g/mol. The third-order valence-electron chi connectivity index (χ3n) is 4.74. The molecule has 5 nitrogen and oxygen atoms in total. The lowest BCUT2D eigenvalue weighted by atomic mass is 9.93. The number of carbonyl (C=O) groups excluding carboxylic acids is 1. The van der Waals surface area contributed by atoms with E-state index in [4.69, 9.17) is 0 Å². The van der Waals surface area contributed by atoms with Gasteiger partial charge in [0.25, 0.3) is 5.91 Å². The zero-order valence-electron chi connectivity index (χ0n) is 17.5. The monoisotopic (exact) mass is 386 g/mol. The number of aromatic nitrogens is 3. The number of halogens is 1. The van der Waals surface area contributed by atoms with Gasteiger partial charge in [-0.25, -0.2) is 4.98 Å². The van der Waals surface area contributed by atoms with E-state index in [1.165, 1.54) is 17.7 Å². The van der Waals surface area contributed by atoms with Crippen LogP contribution in [0.1, 0.15) is 62.8 Å². The Morgan fingerprint density at radius 3 is 2.54 bits per heavy atom. The van der Waals surface area contributed by atoms with Crippen LogP contribution >= 0.6 is 0 Å². The number of hydrogen-bond donors (Lipinski definition) is 0. The summed E-state index contributed by atoms with van der Waals surface area (Å²) in [6.45, 7) is 11.0. The second-order valence-electron chi connectivity index (χ2n) is 7.97. The van der Waals surface area contributed by atoms with E-state index >= 15 is 0 Å². The highest BCUT2D eigenvalue weighted by Gasteiger charge is 2.30. The van der Waals surface area contributed by atoms with Crippen molar-refractivity contribution < 1.29 is 9.18 Å². The summed E-state index contributed by atoms with van der Waals surface area (Å²) in [6.07, 6.45) is 4.29. The molecule has 1 amide bonds. The number of hydrogen-bond acceptors (Lipinski definition) is 4. The molecule has 0 aromatic carbocycles. The predicted molar refractivity (Wildman–Crippen MR) is 108 cm³/mol. The van der Waals surface area contributed by atoms with E-state index in [2.05, 4.69) is 49.8 Å². The molecule has 2 aromatic heterocycles. The highest BCUT2D eigenvalue weighted by Crippen LogP contribution is 2.21. The molecule has 0 saturated carbocycles. The first-order valence-electron chi connectivity index (χ1n) is 10.1. The molecule has 0 aliphatic carbocycles. The molecule has 1 atom stereocenters. The third-order valence-corrected chi connectivity index (χ3v) is 4.74. The van der Waals surface area contributed by atoms with Crippen LogP contribution in [0.4, 0.5) is 4.39 Å². The predicted octanol–water partition coefficient (Wildman–Crippen LogP) is 4.33. The molecule has 0 saturated heterocycles. The summed E-state index contributed by atoms with van der Waals surface area (Å²) in [5.74, 6) is -0.410. The Balaban J connectivity index is 2.38. The van der Waals surface area contributed by atoms with Gasteiger partial charge in [0.1, 0.15) is 5.69 Å². The molecule has 0 aliphatic heterocycles. The van der Waals surface area contributed by atoms with Crippen LogP contribution in [0.5, 0.6) is 0 Å². The van der Waals surface area contributed by atoms with Crippen LogP contribution in [0.15, 0.2) is 30.5 Å². The van der Waals surface area contributed by atoms with Crippen molar-refractivity contribution >= 4 is 5.91 Å². The molecule has 0 spiro atoms. The Labute approximate surface area is 167 Å². The zero-order valence-corrected chi connectivity index (χ0v) is 17.5. The summed E-state index contributed by atoms with van der Waals surface area (Å²) in [6, 6.07) is 6.27. The fourth-order valence-electron chi connectivity index (χ4n) is 3.40. The minimum absolute atomic E-state index is 0.0766. The Morgan fingerprint density at radius 2 is 1.93 bits per heavy atom. The van der Waals surface area contributed by atoms with Gasteiger partial charge in [-0.1, -0.05) is 47.1 Å². The summed E-state index contributed by atoms with van der Waals surface area (Å²) < 4.78 is 13.6. The second-order valence-corrected chi connectivity index (χ2v) is 7.97. The SMILES string of the molecule is CCCc1ccnnc1CC(C(C)C)N(CC(C)C)C(=O)c1cccc(F)n1. The lowest BCUT2D eigenvalue weighted by molar-refractivity contribution is 0.0584. The van der Waals surface area contributed by atoms with Gasteiger partial charge in [0.2, 0.25) is 5.95 Å². The van der Waals surface area contributed by atoms with E-state index in [0.29, 0.717) is 13.0 Å². The fraction of sp³-hybridized carbons (Fsp3) is 0.545. The maximum atomic E-state index is 13.6. The topological polar surface area (TPSA) is 59.0 Å². The molecule has 0 radical (unpaired) electrons. The molecule has 28 heavy (non-hydrogen) atoms. The van der Waals surface area contributed by atoms with E-state index in [1.807, 2.05) is 11.0 Å². The normalized spacial score (nSPS) is 12.4. The van der Waals surface area contributed by atoms with Crippen LogP contribution in [0.2, 0.25) is 0 Å². The van der Waals surface area contributed by atoms with E-state index in [9.17, 15) is 9.18 Å². The summed E-state index contributed by atoms with van der Waals surface area (Å²) in [7, 11) is 0. The summed E-state index contributed by atoms with van der Waals surface area (Å²) in [5.41, 5.74) is 2.24. The first-order chi connectivity index (χ1) is 13.3. The first-order valence-corrected chi connectivity index (χ1v) is 10.1. The van der Waals surface area contributed by atoms with Crippen LogP contribution in [-0.4, -0.2) is 38.6 Å². The highest BCUT2D eigenvalue weighted by atomic mass is 19.1. The van der Waals surface area contributed by atoms with Gasteiger partial charge < -0.3 is 4.90 Å². The second kappa shape index (κ2) is 10.2. The molecule has 152 valence electrons. The lowest BCUT2D eigenvalue weighted by Crippen LogP contribution is -2.47. The molecule has 0 N–H and O–H groups in total. The van der Waals surface area contributed by atoms with E-state index in [0.717, 1.165) is 18.5 Å². The van der Waals surface area contributed by atoms with Crippen molar-refractivity contribution in [3.8, 4) is 0 Å². The molecule has 2 heterocycles. The molecule has 6 heteroatoms. The van der Waals surface area contributed by atoms with Crippen LogP contribution in [0.3, 0.4) is 0 Å². The highest BCUT2D eigenvalue weighted by molar-refractivity contribution is 5.92. The van der Waals surface area contributed by atoms with Gasteiger partial charge in [0.05, 0.1) is 5.69 Å². The first kappa shape index (κ1) is 21.9. The number of carbonyl (C=O) groups is 1. The Hall–Kier alpha value is -2.37. The maximum Gasteiger partial charge on any atom is 0.272 e.